The highest BCUT2D eigenvalue weighted by molar-refractivity contribution is 6.40. The second-order valence-electron chi connectivity index (χ2n) is 3.10. The number of ketones is 1. The normalized spacial score (nSPS) is 9.57. The van der Waals surface area contributed by atoms with E-state index in [1.807, 2.05) is 19.1 Å². The number of nitrogens with one attached hydrogen (secondary N) is 1. The van der Waals surface area contributed by atoms with Crippen LogP contribution in [0.3, 0.4) is 0 Å². The molecule has 1 amide bonds. The third-order valence-corrected chi connectivity index (χ3v) is 1.88. The number of carbonyl (C=O) groups is 2. The Morgan fingerprint density at radius 3 is 2.29 bits per heavy atom. The van der Waals surface area contributed by atoms with E-state index >= 15 is 0 Å². The molecule has 0 heterocycles. The van der Waals surface area contributed by atoms with Crippen molar-refractivity contribution in [2.45, 2.75) is 20.3 Å². The first-order valence-corrected chi connectivity index (χ1v) is 4.54. The smallest absolute Gasteiger partial charge is 0.291 e. The molecule has 0 aliphatic heterocycles. The van der Waals surface area contributed by atoms with E-state index in [0.29, 0.717) is 5.69 Å². The minimum atomic E-state index is -0.545. The summed E-state index contributed by atoms with van der Waals surface area (Å²) in [5, 5.41) is 2.53. The summed E-state index contributed by atoms with van der Waals surface area (Å²) in [5.41, 5.74) is 1.77. The van der Waals surface area contributed by atoms with Crippen molar-refractivity contribution in [1.29, 1.82) is 0 Å². The molecule has 3 nitrogen and oxygen atoms in total. The summed E-state index contributed by atoms with van der Waals surface area (Å²) >= 11 is 0. The van der Waals surface area contributed by atoms with Crippen molar-refractivity contribution in [3.63, 3.8) is 0 Å². The number of anilines is 1. The van der Waals surface area contributed by atoms with E-state index in [2.05, 4.69) is 5.32 Å². The van der Waals surface area contributed by atoms with Crippen LogP contribution in [-0.2, 0) is 9.59 Å². The lowest BCUT2D eigenvalue weighted by molar-refractivity contribution is -0.134. The minimum Gasteiger partial charge on any atom is -0.319 e. The van der Waals surface area contributed by atoms with Crippen LogP contribution in [0.2, 0.25) is 0 Å². The maximum Gasteiger partial charge on any atom is 0.291 e. The van der Waals surface area contributed by atoms with Crippen LogP contribution in [0.5, 0.6) is 0 Å². The van der Waals surface area contributed by atoms with Crippen molar-refractivity contribution in [2.24, 2.45) is 0 Å². The van der Waals surface area contributed by atoms with Crippen LogP contribution in [0.1, 0.15) is 18.9 Å². The van der Waals surface area contributed by atoms with Gasteiger partial charge in [-0.05, 0) is 19.1 Å². The molecule has 0 aliphatic rings. The summed E-state index contributed by atoms with van der Waals surface area (Å²) in [6.07, 6.45) is 0.234. The van der Waals surface area contributed by atoms with Crippen LogP contribution in [0.15, 0.2) is 24.3 Å². The van der Waals surface area contributed by atoms with Gasteiger partial charge in [-0.1, -0.05) is 24.6 Å². The Morgan fingerprint density at radius 2 is 1.79 bits per heavy atom. The van der Waals surface area contributed by atoms with Crippen LogP contribution in [0.4, 0.5) is 5.69 Å². The Kier molecular flexibility index (Phi) is 3.40. The van der Waals surface area contributed by atoms with Gasteiger partial charge in [0.25, 0.3) is 5.91 Å². The van der Waals surface area contributed by atoms with Gasteiger partial charge < -0.3 is 5.32 Å². The zero-order valence-corrected chi connectivity index (χ0v) is 8.33. The lowest BCUT2D eigenvalue weighted by atomic mass is 10.2. The van der Waals surface area contributed by atoms with E-state index in [0.717, 1.165) is 5.56 Å². The number of hydrogen-bond acceptors (Lipinski definition) is 2. The van der Waals surface area contributed by atoms with Gasteiger partial charge in [0.15, 0.2) is 0 Å². The first kappa shape index (κ1) is 10.4. The fraction of sp³-hybridized carbons (Fsp3) is 0.273. The molecular formula is C11H13NO2. The summed E-state index contributed by atoms with van der Waals surface area (Å²) in [6, 6.07) is 7.31. The molecular weight excluding hydrogens is 178 g/mol. The Morgan fingerprint density at radius 1 is 1.21 bits per heavy atom. The van der Waals surface area contributed by atoms with Gasteiger partial charge in [0, 0.05) is 12.1 Å². The average molecular weight is 191 g/mol. The molecule has 0 saturated heterocycles. The van der Waals surface area contributed by atoms with Crippen molar-refractivity contribution in [3.8, 4) is 0 Å². The molecule has 14 heavy (non-hydrogen) atoms. The molecule has 0 aliphatic carbocycles. The van der Waals surface area contributed by atoms with Crippen molar-refractivity contribution < 1.29 is 9.59 Å². The molecule has 0 fully saturated rings. The van der Waals surface area contributed by atoms with Crippen LogP contribution in [-0.4, -0.2) is 11.7 Å². The molecule has 0 atom stereocenters. The Bertz CT molecular complexity index is 341. The third kappa shape index (κ3) is 2.69. The van der Waals surface area contributed by atoms with Gasteiger partial charge in [-0.15, -0.1) is 0 Å². The van der Waals surface area contributed by atoms with Gasteiger partial charge in [0.05, 0.1) is 0 Å². The fourth-order valence-electron chi connectivity index (χ4n) is 0.998. The number of benzene rings is 1. The minimum absolute atomic E-state index is 0.234. The van der Waals surface area contributed by atoms with E-state index in [-0.39, 0.29) is 6.42 Å². The van der Waals surface area contributed by atoms with Crippen molar-refractivity contribution in [1.82, 2.24) is 0 Å². The molecule has 0 aromatic heterocycles. The van der Waals surface area contributed by atoms with Gasteiger partial charge in [0.2, 0.25) is 5.78 Å². The standard InChI is InChI=1S/C11H13NO2/c1-3-10(13)11(14)12-9-6-4-8(2)5-7-9/h4-7H,3H2,1-2H3,(H,12,14). The van der Waals surface area contributed by atoms with Crippen LogP contribution < -0.4 is 5.32 Å². The summed E-state index contributed by atoms with van der Waals surface area (Å²) in [6.45, 7) is 3.62. The monoisotopic (exact) mass is 191 g/mol. The first-order valence-electron chi connectivity index (χ1n) is 4.54. The number of rotatable bonds is 3. The van der Waals surface area contributed by atoms with Gasteiger partial charge in [0.1, 0.15) is 0 Å². The second-order valence-corrected chi connectivity index (χ2v) is 3.10. The van der Waals surface area contributed by atoms with Gasteiger partial charge in [-0.2, -0.15) is 0 Å². The summed E-state index contributed by atoms with van der Waals surface area (Å²) in [7, 11) is 0. The van der Waals surface area contributed by atoms with E-state index in [1.165, 1.54) is 0 Å². The summed E-state index contributed by atoms with van der Waals surface area (Å²) < 4.78 is 0. The molecule has 0 radical (unpaired) electrons. The van der Waals surface area contributed by atoms with E-state index in [4.69, 9.17) is 0 Å². The maximum absolute atomic E-state index is 11.2. The second kappa shape index (κ2) is 4.56. The predicted molar refractivity (Wildman–Crippen MR) is 55.1 cm³/mol. The van der Waals surface area contributed by atoms with E-state index in [9.17, 15) is 9.59 Å². The Labute approximate surface area is 83.1 Å². The number of aryl methyl sites for hydroxylation is 1. The Balaban J connectivity index is 2.65. The topological polar surface area (TPSA) is 46.2 Å². The lowest BCUT2D eigenvalue weighted by Crippen LogP contribution is -2.21. The highest BCUT2D eigenvalue weighted by Crippen LogP contribution is 2.08. The van der Waals surface area contributed by atoms with E-state index in [1.54, 1.807) is 19.1 Å². The zero-order valence-electron chi connectivity index (χ0n) is 8.33. The molecule has 0 spiro atoms. The van der Waals surface area contributed by atoms with Crippen molar-refractivity contribution in [3.05, 3.63) is 29.8 Å². The predicted octanol–water partition coefficient (Wildman–Crippen LogP) is 1.91. The molecule has 0 saturated carbocycles. The molecule has 1 rings (SSSR count). The highest BCUT2D eigenvalue weighted by atomic mass is 16.2. The van der Waals surface area contributed by atoms with Crippen molar-refractivity contribution in [2.75, 3.05) is 5.32 Å². The molecule has 3 heteroatoms. The lowest BCUT2D eigenvalue weighted by Gasteiger charge is -2.03. The SMILES string of the molecule is CCC(=O)C(=O)Nc1ccc(C)cc1. The Hall–Kier alpha value is -1.64. The first-order chi connectivity index (χ1) is 6.63. The molecule has 0 unspecified atom stereocenters. The maximum atomic E-state index is 11.2. The average Bonchev–Trinajstić information content (AvgIpc) is 2.20. The largest absolute Gasteiger partial charge is 0.319 e. The fourth-order valence-corrected chi connectivity index (χ4v) is 0.998. The molecule has 1 aromatic rings. The van der Waals surface area contributed by atoms with Crippen molar-refractivity contribution >= 4 is 17.4 Å². The van der Waals surface area contributed by atoms with Crippen LogP contribution in [0, 0.1) is 6.92 Å². The molecule has 1 N–H and O–H groups in total. The number of hydrogen-bond donors (Lipinski definition) is 1. The molecule has 74 valence electrons. The number of carbonyl (C=O) groups excluding carboxylic acids is 2. The van der Waals surface area contributed by atoms with Crippen LogP contribution in [0.25, 0.3) is 0 Å². The summed E-state index contributed by atoms with van der Waals surface area (Å²) in [5.74, 6) is -0.943. The quantitative estimate of drug-likeness (QED) is 0.742. The number of Topliss-reactive ketones (excluding diaryl/α,β-unsaturated/α-hetero) is 1. The summed E-state index contributed by atoms with van der Waals surface area (Å²) in [4.78, 5) is 22.1. The van der Waals surface area contributed by atoms with Gasteiger partial charge >= 0.3 is 0 Å². The highest BCUT2D eigenvalue weighted by Gasteiger charge is 2.10. The van der Waals surface area contributed by atoms with Gasteiger partial charge in [-0.3, -0.25) is 9.59 Å². The zero-order chi connectivity index (χ0) is 10.6. The number of amides is 1. The molecule has 1 aromatic carbocycles. The van der Waals surface area contributed by atoms with E-state index < -0.39 is 11.7 Å². The van der Waals surface area contributed by atoms with Crippen LogP contribution >= 0.6 is 0 Å². The van der Waals surface area contributed by atoms with Gasteiger partial charge in [-0.25, -0.2) is 0 Å². The molecule has 0 bridgehead atoms. The third-order valence-electron chi connectivity index (χ3n) is 1.88.